The monoisotopic (exact) mass is 396 g/mol. The number of anilines is 1. The number of rotatable bonds is 3. The maximum absolute atomic E-state index is 12.7. The summed E-state index contributed by atoms with van der Waals surface area (Å²) in [7, 11) is 0. The Kier molecular flexibility index (Phi) is 4.51. The van der Waals surface area contributed by atoms with Crippen molar-refractivity contribution in [1.29, 1.82) is 0 Å². The van der Waals surface area contributed by atoms with Gasteiger partial charge in [0.25, 0.3) is 17.5 Å². The molecular weight excluding hydrogens is 391 g/mol. The van der Waals surface area contributed by atoms with Gasteiger partial charge in [-0.25, -0.2) is 4.90 Å². The molecule has 0 saturated carbocycles. The van der Waals surface area contributed by atoms with Crippen molar-refractivity contribution < 1.29 is 14.5 Å². The highest BCUT2D eigenvalue weighted by atomic mass is 35.5. The van der Waals surface area contributed by atoms with Gasteiger partial charge in [-0.3, -0.25) is 19.7 Å². The van der Waals surface area contributed by atoms with Gasteiger partial charge >= 0.3 is 0 Å². The lowest BCUT2D eigenvalue weighted by molar-refractivity contribution is -0.384. The molecule has 2 amide bonds. The summed E-state index contributed by atoms with van der Waals surface area (Å²) >= 11 is 18.1. The lowest BCUT2D eigenvalue weighted by Crippen LogP contribution is -2.31. The van der Waals surface area contributed by atoms with Crippen molar-refractivity contribution in [3.8, 4) is 0 Å². The molecule has 2 aromatic carbocycles. The minimum absolute atomic E-state index is 0.0419. The molecule has 0 unspecified atom stereocenters. The maximum Gasteiger partial charge on any atom is 0.277 e. The molecule has 0 atom stereocenters. The predicted molar refractivity (Wildman–Crippen MR) is 94.8 cm³/mol. The third kappa shape index (κ3) is 2.89. The summed E-state index contributed by atoms with van der Waals surface area (Å²) in [6.45, 7) is 0. The summed E-state index contributed by atoms with van der Waals surface area (Å²) in [5.41, 5.74) is 0.193. The Labute approximate surface area is 156 Å². The molecule has 126 valence electrons. The van der Waals surface area contributed by atoms with E-state index in [0.29, 0.717) is 0 Å². The second-order valence-corrected chi connectivity index (χ2v) is 6.17. The molecule has 1 aliphatic rings. The first-order valence-corrected chi connectivity index (χ1v) is 7.93. The molecule has 1 heterocycles. The molecule has 0 aromatic heterocycles. The van der Waals surface area contributed by atoms with E-state index in [1.807, 2.05) is 0 Å². The van der Waals surface area contributed by atoms with Crippen LogP contribution in [0.15, 0.2) is 47.5 Å². The number of nitro benzene ring substituents is 1. The fourth-order valence-electron chi connectivity index (χ4n) is 2.39. The number of hydrogen-bond acceptors (Lipinski definition) is 4. The van der Waals surface area contributed by atoms with Gasteiger partial charge in [-0.05, 0) is 29.8 Å². The Balaban J connectivity index is 2.05. The van der Waals surface area contributed by atoms with Crippen LogP contribution in [0.25, 0.3) is 5.57 Å². The molecule has 25 heavy (non-hydrogen) atoms. The van der Waals surface area contributed by atoms with Crippen LogP contribution in [0.3, 0.4) is 0 Å². The van der Waals surface area contributed by atoms with Crippen LogP contribution in [0.4, 0.5) is 11.4 Å². The largest absolute Gasteiger partial charge is 0.277 e. The number of nitro groups is 1. The fourth-order valence-corrected chi connectivity index (χ4v) is 3.04. The van der Waals surface area contributed by atoms with Crippen LogP contribution in [-0.2, 0) is 9.59 Å². The molecule has 0 saturated heterocycles. The van der Waals surface area contributed by atoms with E-state index in [9.17, 15) is 19.7 Å². The molecule has 0 spiro atoms. The second-order valence-electron chi connectivity index (χ2n) is 5.01. The second kappa shape index (κ2) is 6.48. The molecule has 2 aromatic rings. The third-order valence-corrected chi connectivity index (χ3v) is 4.73. The van der Waals surface area contributed by atoms with E-state index in [1.165, 1.54) is 36.4 Å². The Morgan fingerprint density at radius 1 is 0.920 bits per heavy atom. The third-order valence-electron chi connectivity index (χ3n) is 3.57. The number of halogens is 3. The average Bonchev–Trinajstić information content (AvgIpc) is 2.80. The first-order chi connectivity index (χ1) is 11.8. The minimum atomic E-state index is -0.746. The number of carbonyl (C=O) groups is 2. The van der Waals surface area contributed by atoms with Gasteiger partial charge < -0.3 is 0 Å². The highest BCUT2D eigenvalue weighted by molar-refractivity contribution is 6.61. The number of nitrogens with zero attached hydrogens (tertiary/aromatic N) is 2. The molecule has 6 nitrogen and oxygen atoms in total. The van der Waals surface area contributed by atoms with E-state index in [4.69, 9.17) is 34.8 Å². The van der Waals surface area contributed by atoms with Crippen molar-refractivity contribution >= 4 is 63.6 Å². The Bertz CT molecular complexity index is 954. The zero-order valence-corrected chi connectivity index (χ0v) is 14.5. The zero-order valence-electron chi connectivity index (χ0n) is 12.2. The SMILES string of the molecule is O=C1C(Cl)=C(c2ccc([N+](=O)[O-])cc2)C(=O)N1c1cccc(Cl)c1Cl. The molecule has 0 N–H and O–H groups in total. The summed E-state index contributed by atoms with van der Waals surface area (Å²) in [5.74, 6) is -1.43. The van der Waals surface area contributed by atoms with E-state index >= 15 is 0 Å². The molecular formula is C16H7Cl3N2O4. The number of non-ortho nitro benzene ring substituents is 1. The van der Waals surface area contributed by atoms with Crippen LogP contribution < -0.4 is 4.90 Å². The zero-order chi connectivity index (χ0) is 18.3. The van der Waals surface area contributed by atoms with Crippen LogP contribution in [-0.4, -0.2) is 16.7 Å². The maximum atomic E-state index is 12.7. The summed E-state index contributed by atoms with van der Waals surface area (Å²) in [6.07, 6.45) is 0. The van der Waals surface area contributed by atoms with Crippen molar-refractivity contribution in [2.45, 2.75) is 0 Å². The van der Waals surface area contributed by atoms with Crippen molar-refractivity contribution in [2.24, 2.45) is 0 Å². The van der Waals surface area contributed by atoms with Crippen molar-refractivity contribution in [3.63, 3.8) is 0 Å². The normalized spacial score (nSPS) is 14.4. The van der Waals surface area contributed by atoms with E-state index in [0.717, 1.165) is 4.90 Å². The van der Waals surface area contributed by atoms with Crippen LogP contribution in [0.5, 0.6) is 0 Å². The molecule has 1 aliphatic heterocycles. The van der Waals surface area contributed by atoms with Gasteiger partial charge in [0.15, 0.2) is 0 Å². The number of benzene rings is 2. The Hall–Kier alpha value is -2.41. The van der Waals surface area contributed by atoms with Gasteiger partial charge in [0.1, 0.15) is 5.03 Å². The number of amides is 2. The van der Waals surface area contributed by atoms with Crippen LogP contribution in [0, 0.1) is 10.1 Å². The standard InChI is InChI=1S/C16H7Cl3N2O4/c17-10-2-1-3-11(13(10)18)20-15(22)12(14(19)16(20)23)8-4-6-9(7-5-8)21(24)25/h1-7H. The molecule has 0 fully saturated rings. The van der Waals surface area contributed by atoms with E-state index < -0.39 is 16.7 Å². The van der Waals surface area contributed by atoms with Gasteiger partial charge in [0.05, 0.1) is 26.2 Å². The molecule has 0 radical (unpaired) electrons. The van der Waals surface area contributed by atoms with Gasteiger partial charge in [0.2, 0.25) is 0 Å². The van der Waals surface area contributed by atoms with E-state index in [1.54, 1.807) is 6.07 Å². The molecule has 3 rings (SSSR count). The van der Waals surface area contributed by atoms with Crippen LogP contribution >= 0.6 is 34.8 Å². The molecule has 0 bridgehead atoms. The van der Waals surface area contributed by atoms with Crippen LogP contribution in [0.1, 0.15) is 5.56 Å². The van der Waals surface area contributed by atoms with Gasteiger partial charge in [-0.2, -0.15) is 0 Å². The van der Waals surface area contributed by atoms with E-state index in [2.05, 4.69) is 0 Å². The highest BCUT2D eigenvalue weighted by Crippen LogP contribution is 2.40. The number of carbonyl (C=O) groups excluding carboxylic acids is 2. The average molecular weight is 398 g/mol. The summed E-state index contributed by atoms with van der Waals surface area (Å²) in [5, 5.41) is 10.7. The van der Waals surface area contributed by atoms with Gasteiger partial charge in [0, 0.05) is 12.1 Å². The molecule has 9 heteroatoms. The summed E-state index contributed by atoms with van der Waals surface area (Å²) < 4.78 is 0. The number of hydrogen-bond donors (Lipinski definition) is 0. The van der Waals surface area contributed by atoms with Crippen LogP contribution in [0.2, 0.25) is 10.0 Å². The smallest absolute Gasteiger partial charge is 0.268 e. The quantitative estimate of drug-likeness (QED) is 0.436. The van der Waals surface area contributed by atoms with Gasteiger partial charge in [-0.15, -0.1) is 0 Å². The summed E-state index contributed by atoms with van der Waals surface area (Å²) in [6, 6.07) is 9.67. The Morgan fingerprint density at radius 2 is 1.56 bits per heavy atom. The first kappa shape index (κ1) is 17.4. The van der Waals surface area contributed by atoms with Crippen molar-refractivity contribution in [2.75, 3.05) is 4.90 Å². The topological polar surface area (TPSA) is 80.5 Å². The Morgan fingerprint density at radius 3 is 2.16 bits per heavy atom. The fraction of sp³-hybridized carbons (Fsp3) is 0. The van der Waals surface area contributed by atoms with Crippen molar-refractivity contribution in [1.82, 2.24) is 0 Å². The number of imide groups is 1. The highest BCUT2D eigenvalue weighted by Gasteiger charge is 2.40. The first-order valence-electron chi connectivity index (χ1n) is 6.80. The predicted octanol–water partition coefficient (Wildman–Crippen LogP) is 4.42. The minimum Gasteiger partial charge on any atom is -0.268 e. The lowest BCUT2D eigenvalue weighted by Gasteiger charge is -2.16. The van der Waals surface area contributed by atoms with Gasteiger partial charge in [-0.1, -0.05) is 40.9 Å². The summed E-state index contributed by atoms with van der Waals surface area (Å²) in [4.78, 5) is 36.2. The van der Waals surface area contributed by atoms with Crippen molar-refractivity contribution in [3.05, 3.63) is 73.2 Å². The lowest BCUT2D eigenvalue weighted by atomic mass is 10.1. The van der Waals surface area contributed by atoms with E-state index in [-0.39, 0.29) is 37.6 Å². The molecule has 0 aliphatic carbocycles.